The third kappa shape index (κ3) is 3.25. The van der Waals surface area contributed by atoms with E-state index in [4.69, 9.17) is 22.1 Å². The highest BCUT2D eigenvalue weighted by Crippen LogP contribution is 2.22. The Bertz CT molecular complexity index is 513. The van der Waals surface area contributed by atoms with E-state index in [0.717, 1.165) is 11.1 Å². The zero-order valence-corrected chi connectivity index (χ0v) is 11.0. The van der Waals surface area contributed by atoms with Gasteiger partial charge in [0.1, 0.15) is 0 Å². The molecule has 0 aliphatic rings. The lowest BCUT2D eigenvalue weighted by Crippen LogP contribution is -2.02. The molecular formula is C15H16ClNO. The van der Waals surface area contributed by atoms with Gasteiger partial charge in [0.05, 0.1) is 12.7 Å². The number of benzene rings is 2. The van der Waals surface area contributed by atoms with Gasteiger partial charge < -0.3 is 10.5 Å². The Morgan fingerprint density at radius 3 is 2.61 bits per heavy atom. The van der Waals surface area contributed by atoms with Crippen molar-refractivity contribution in [3.8, 4) is 0 Å². The lowest BCUT2D eigenvalue weighted by molar-refractivity contribution is 0.0529. The van der Waals surface area contributed by atoms with Gasteiger partial charge in [-0.3, -0.25) is 0 Å². The van der Waals surface area contributed by atoms with Crippen molar-refractivity contribution in [2.45, 2.75) is 19.6 Å². The summed E-state index contributed by atoms with van der Waals surface area (Å²) in [4.78, 5) is 0. The second kappa shape index (κ2) is 5.89. The smallest absolute Gasteiger partial charge is 0.0801 e. The summed E-state index contributed by atoms with van der Waals surface area (Å²) in [5, 5.41) is 0.676. The first-order valence-corrected chi connectivity index (χ1v) is 6.25. The highest BCUT2D eigenvalue weighted by atomic mass is 35.5. The fraction of sp³-hybridized carbons (Fsp3) is 0.200. The second-order valence-electron chi connectivity index (χ2n) is 4.21. The molecule has 94 valence electrons. The molecule has 0 amide bonds. The quantitative estimate of drug-likeness (QED) is 0.837. The summed E-state index contributed by atoms with van der Waals surface area (Å²) in [5.74, 6) is 0. The van der Waals surface area contributed by atoms with E-state index in [1.165, 1.54) is 0 Å². The van der Waals surface area contributed by atoms with Gasteiger partial charge in [0.15, 0.2) is 0 Å². The Hall–Kier alpha value is -1.51. The molecule has 2 N–H and O–H groups in total. The van der Waals surface area contributed by atoms with Crippen LogP contribution < -0.4 is 5.73 Å². The van der Waals surface area contributed by atoms with Gasteiger partial charge in [0, 0.05) is 16.3 Å². The van der Waals surface area contributed by atoms with Gasteiger partial charge >= 0.3 is 0 Å². The minimum Gasteiger partial charge on any atom is -0.398 e. The van der Waals surface area contributed by atoms with Gasteiger partial charge in [-0.15, -0.1) is 0 Å². The van der Waals surface area contributed by atoms with Crippen LogP contribution in [0, 0.1) is 0 Å². The molecule has 2 aromatic carbocycles. The first-order chi connectivity index (χ1) is 8.66. The Morgan fingerprint density at radius 2 is 1.89 bits per heavy atom. The SMILES string of the molecule is CC(OCc1cc(Cl)ccc1N)c1ccccc1. The average Bonchev–Trinajstić information content (AvgIpc) is 2.40. The predicted molar refractivity (Wildman–Crippen MR) is 75.5 cm³/mol. The summed E-state index contributed by atoms with van der Waals surface area (Å²) in [5.41, 5.74) is 8.66. The van der Waals surface area contributed by atoms with Gasteiger partial charge in [0.25, 0.3) is 0 Å². The van der Waals surface area contributed by atoms with Crippen LogP contribution in [0.2, 0.25) is 5.02 Å². The summed E-state index contributed by atoms with van der Waals surface area (Å²) in [7, 11) is 0. The van der Waals surface area contributed by atoms with Crippen molar-refractivity contribution in [3.63, 3.8) is 0 Å². The van der Waals surface area contributed by atoms with Crippen LogP contribution in [-0.4, -0.2) is 0 Å². The Kier molecular flexibility index (Phi) is 4.24. The zero-order chi connectivity index (χ0) is 13.0. The lowest BCUT2D eigenvalue weighted by Gasteiger charge is -2.14. The maximum Gasteiger partial charge on any atom is 0.0801 e. The molecule has 2 aromatic rings. The van der Waals surface area contributed by atoms with Gasteiger partial charge in [0.2, 0.25) is 0 Å². The van der Waals surface area contributed by atoms with Gasteiger partial charge in [-0.05, 0) is 30.7 Å². The van der Waals surface area contributed by atoms with Crippen molar-refractivity contribution in [1.29, 1.82) is 0 Å². The summed E-state index contributed by atoms with van der Waals surface area (Å²) >= 11 is 5.94. The summed E-state index contributed by atoms with van der Waals surface area (Å²) in [6, 6.07) is 15.5. The number of rotatable bonds is 4. The fourth-order valence-corrected chi connectivity index (χ4v) is 1.93. The topological polar surface area (TPSA) is 35.2 Å². The summed E-state index contributed by atoms with van der Waals surface area (Å²) < 4.78 is 5.81. The lowest BCUT2D eigenvalue weighted by atomic mass is 10.1. The number of nitrogens with two attached hydrogens (primary N) is 1. The number of hydrogen-bond acceptors (Lipinski definition) is 2. The molecular weight excluding hydrogens is 246 g/mol. The monoisotopic (exact) mass is 261 g/mol. The standard InChI is InChI=1S/C15H16ClNO/c1-11(12-5-3-2-4-6-12)18-10-13-9-14(16)7-8-15(13)17/h2-9,11H,10,17H2,1H3. The van der Waals surface area contributed by atoms with Crippen molar-refractivity contribution < 1.29 is 4.74 Å². The van der Waals surface area contributed by atoms with Crippen LogP contribution in [0.3, 0.4) is 0 Å². The second-order valence-corrected chi connectivity index (χ2v) is 4.64. The molecule has 0 bridgehead atoms. The molecule has 1 atom stereocenters. The molecule has 0 aliphatic heterocycles. The molecule has 0 aromatic heterocycles. The molecule has 0 fully saturated rings. The minimum atomic E-state index is 0.0320. The number of anilines is 1. The maximum atomic E-state index is 5.94. The summed E-state index contributed by atoms with van der Waals surface area (Å²) in [6.07, 6.45) is 0.0320. The van der Waals surface area contributed by atoms with E-state index < -0.39 is 0 Å². The molecule has 0 radical (unpaired) electrons. The van der Waals surface area contributed by atoms with Crippen LogP contribution in [-0.2, 0) is 11.3 Å². The van der Waals surface area contributed by atoms with Crippen molar-refractivity contribution in [2.75, 3.05) is 5.73 Å². The molecule has 0 spiro atoms. The molecule has 18 heavy (non-hydrogen) atoms. The van der Waals surface area contributed by atoms with Crippen molar-refractivity contribution in [3.05, 3.63) is 64.7 Å². The average molecular weight is 262 g/mol. The molecule has 3 heteroatoms. The molecule has 0 heterocycles. The van der Waals surface area contributed by atoms with Crippen molar-refractivity contribution in [2.24, 2.45) is 0 Å². The number of ether oxygens (including phenoxy) is 1. The highest BCUT2D eigenvalue weighted by molar-refractivity contribution is 6.30. The van der Waals surface area contributed by atoms with Crippen LogP contribution in [0.15, 0.2) is 48.5 Å². The van der Waals surface area contributed by atoms with E-state index in [0.29, 0.717) is 17.3 Å². The maximum absolute atomic E-state index is 5.94. The molecule has 0 aliphatic carbocycles. The number of halogens is 1. The number of hydrogen-bond donors (Lipinski definition) is 1. The highest BCUT2D eigenvalue weighted by Gasteiger charge is 2.07. The third-order valence-corrected chi connectivity index (χ3v) is 3.10. The Morgan fingerprint density at radius 1 is 1.17 bits per heavy atom. The fourth-order valence-electron chi connectivity index (χ4n) is 1.73. The first-order valence-electron chi connectivity index (χ1n) is 5.87. The van der Waals surface area contributed by atoms with E-state index >= 15 is 0 Å². The van der Waals surface area contributed by atoms with Crippen LogP contribution in [0.25, 0.3) is 0 Å². The van der Waals surface area contributed by atoms with Gasteiger partial charge in [-0.25, -0.2) is 0 Å². The first kappa shape index (κ1) is 12.9. The molecule has 2 rings (SSSR count). The van der Waals surface area contributed by atoms with Gasteiger partial charge in [-0.1, -0.05) is 41.9 Å². The Labute approximate surface area is 112 Å². The van der Waals surface area contributed by atoms with E-state index in [9.17, 15) is 0 Å². The summed E-state index contributed by atoms with van der Waals surface area (Å²) in [6.45, 7) is 2.48. The molecule has 2 nitrogen and oxygen atoms in total. The normalized spacial score (nSPS) is 12.3. The van der Waals surface area contributed by atoms with Crippen LogP contribution in [0.5, 0.6) is 0 Å². The van der Waals surface area contributed by atoms with Crippen molar-refractivity contribution >= 4 is 17.3 Å². The van der Waals surface area contributed by atoms with Gasteiger partial charge in [-0.2, -0.15) is 0 Å². The van der Waals surface area contributed by atoms with E-state index in [1.807, 2.05) is 43.3 Å². The minimum absolute atomic E-state index is 0.0320. The Balaban J connectivity index is 2.01. The predicted octanol–water partition coefficient (Wildman–Crippen LogP) is 4.20. The van der Waals surface area contributed by atoms with E-state index in [2.05, 4.69) is 0 Å². The largest absolute Gasteiger partial charge is 0.398 e. The molecule has 0 saturated heterocycles. The van der Waals surface area contributed by atoms with Crippen LogP contribution >= 0.6 is 11.6 Å². The molecule has 0 saturated carbocycles. The van der Waals surface area contributed by atoms with Crippen LogP contribution in [0.4, 0.5) is 5.69 Å². The molecule has 1 unspecified atom stereocenters. The number of nitrogen functional groups attached to an aromatic ring is 1. The van der Waals surface area contributed by atoms with E-state index in [-0.39, 0.29) is 6.10 Å². The zero-order valence-electron chi connectivity index (χ0n) is 10.3. The van der Waals surface area contributed by atoms with E-state index in [1.54, 1.807) is 12.1 Å². The van der Waals surface area contributed by atoms with Crippen LogP contribution in [0.1, 0.15) is 24.2 Å². The third-order valence-electron chi connectivity index (χ3n) is 2.86. The van der Waals surface area contributed by atoms with Crippen molar-refractivity contribution in [1.82, 2.24) is 0 Å².